The number of sulfonamides is 1. The van der Waals surface area contributed by atoms with Gasteiger partial charge in [0.25, 0.3) is 5.91 Å². The van der Waals surface area contributed by atoms with Gasteiger partial charge >= 0.3 is 0 Å². The molecule has 6 rings (SSSR count). The normalized spacial score (nSPS) is 23.3. The van der Waals surface area contributed by atoms with Crippen LogP contribution in [0.1, 0.15) is 52.9 Å². The third kappa shape index (κ3) is 7.76. The van der Waals surface area contributed by atoms with Crippen molar-refractivity contribution < 1.29 is 37.1 Å². The number of carbonyl (C=O) groups excluding carboxylic acids is 4. The molecule has 3 aromatic rings. The van der Waals surface area contributed by atoms with Gasteiger partial charge in [-0.1, -0.05) is 45.0 Å². The van der Waals surface area contributed by atoms with Crippen LogP contribution in [0.25, 0.3) is 10.8 Å². The van der Waals surface area contributed by atoms with Gasteiger partial charge in [-0.05, 0) is 66.5 Å². The lowest BCUT2D eigenvalue weighted by Gasteiger charge is -2.35. The molecule has 3 N–H and O–H groups in total. The van der Waals surface area contributed by atoms with E-state index in [1.165, 1.54) is 11.0 Å². The van der Waals surface area contributed by atoms with Gasteiger partial charge in [-0.15, -0.1) is 6.58 Å². The topological polar surface area (TPSA) is 173 Å². The molecule has 2 aliphatic carbocycles. The maximum Gasteiger partial charge on any atom is 0.259 e. The van der Waals surface area contributed by atoms with Crippen molar-refractivity contribution in [3.8, 4) is 11.6 Å². The van der Waals surface area contributed by atoms with Crippen LogP contribution in [-0.2, 0) is 29.2 Å². The molecule has 0 spiro atoms. The van der Waals surface area contributed by atoms with Crippen LogP contribution in [0, 0.1) is 17.3 Å². The second kappa shape index (κ2) is 14.2. The molecule has 1 unspecified atom stereocenters. The summed E-state index contributed by atoms with van der Waals surface area (Å²) in [6.07, 6.45) is 3.40. The highest BCUT2D eigenvalue weighted by atomic mass is 32.2. The first-order chi connectivity index (χ1) is 24.6. The zero-order valence-corrected chi connectivity index (χ0v) is 30.6. The lowest BCUT2D eigenvalue weighted by atomic mass is 9.77. The third-order valence-electron chi connectivity index (χ3n) is 10.1. The van der Waals surface area contributed by atoms with Crippen molar-refractivity contribution in [3.63, 3.8) is 0 Å². The zero-order chi connectivity index (χ0) is 37.4. The van der Waals surface area contributed by atoms with E-state index in [0.29, 0.717) is 35.5 Å². The van der Waals surface area contributed by atoms with Crippen molar-refractivity contribution in [1.29, 1.82) is 0 Å². The summed E-state index contributed by atoms with van der Waals surface area (Å²) < 4.78 is 39.3. The van der Waals surface area contributed by atoms with Gasteiger partial charge in [0.15, 0.2) is 0 Å². The molecule has 276 valence electrons. The molecule has 3 aliphatic rings. The van der Waals surface area contributed by atoms with Crippen LogP contribution in [0.15, 0.2) is 73.4 Å². The van der Waals surface area contributed by atoms with Crippen LogP contribution in [0.4, 0.5) is 5.69 Å². The predicted octanol–water partition coefficient (Wildman–Crippen LogP) is 3.95. The van der Waals surface area contributed by atoms with Gasteiger partial charge in [0.1, 0.15) is 23.4 Å². The van der Waals surface area contributed by atoms with E-state index in [-0.39, 0.29) is 31.7 Å². The Morgan fingerprint density at radius 2 is 1.83 bits per heavy atom. The number of likely N-dealkylation sites (tertiary alicyclic amines) is 1. The molecular weight excluding hydrogens is 687 g/mol. The molecule has 1 aliphatic heterocycles. The van der Waals surface area contributed by atoms with E-state index in [9.17, 15) is 27.6 Å². The Morgan fingerprint density at radius 3 is 2.46 bits per heavy atom. The Morgan fingerprint density at radius 1 is 1.10 bits per heavy atom. The van der Waals surface area contributed by atoms with Crippen molar-refractivity contribution in [2.24, 2.45) is 17.3 Å². The van der Waals surface area contributed by atoms with Crippen LogP contribution < -0.4 is 24.8 Å². The lowest BCUT2D eigenvalue weighted by molar-refractivity contribution is -0.146. The molecule has 13 nitrogen and oxygen atoms in total. The molecule has 0 radical (unpaired) electrons. The number of fused-ring (bicyclic) bond motifs is 1. The van der Waals surface area contributed by atoms with Crippen LogP contribution in [0.5, 0.6) is 11.6 Å². The van der Waals surface area contributed by atoms with E-state index < -0.39 is 67.9 Å². The molecule has 14 heteroatoms. The fourth-order valence-electron chi connectivity index (χ4n) is 6.78. The number of amides is 4. The van der Waals surface area contributed by atoms with Crippen LogP contribution in [-0.4, -0.2) is 78.5 Å². The summed E-state index contributed by atoms with van der Waals surface area (Å²) in [6, 6.07) is 15.1. The number of hydrogen-bond donors (Lipinski definition) is 3. The minimum Gasteiger partial charge on any atom is -0.497 e. The minimum absolute atomic E-state index is 0.00182. The monoisotopic (exact) mass is 731 g/mol. The predicted molar refractivity (Wildman–Crippen MR) is 195 cm³/mol. The Kier molecular flexibility index (Phi) is 10.1. The number of benzene rings is 2. The average Bonchev–Trinajstić information content (AvgIpc) is 4.03. The van der Waals surface area contributed by atoms with Crippen molar-refractivity contribution >= 4 is 50.1 Å². The molecule has 2 aromatic carbocycles. The van der Waals surface area contributed by atoms with Crippen molar-refractivity contribution in [2.75, 3.05) is 19.0 Å². The summed E-state index contributed by atoms with van der Waals surface area (Å²) >= 11 is 0. The number of para-hydroxylation sites is 1. The summed E-state index contributed by atoms with van der Waals surface area (Å²) in [5.74, 6) is -2.64. The fourth-order valence-corrected chi connectivity index (χ4v) is 8.15. The highest BCUT2D eigenvalue weighted by Crippen LogP contribution is 2.46. The average molecular weight is 732 g/mol. The number of anilines is 1. The van der Waals surface area contributed by atoms with Gasteiger partial charge in [-0.2, -0.15) is 0 Å². The van der Waals surface area contributed by atoms with E-state index in [2.05, 4.69) is 26.9 Å². The zero-order valence-electron chi connectivity index (χ0n) is 29.8. The molecule has 3 fully saturated rings. The van der Waals surface area contributed by atoms with Crippen molar-refractivity contribution in [2.45, 2.75) is 75.8 Å². The highest BCUT2D eigenvalue weighted by Gasteiger charge is 2.62. The van der Waals surface area contributed by atoms with Crippen LogP contribution in [0.2, 0.25) is 0 Å². The number of hydrogen-bond acceptors (Lipinski definition) is 9. The molecule has 52 heavy (non-hydrogen) atoms. The molecule has 4 amide bonds. The van der Waals surface area contributed by atoms with E-state index in [4.69, 9.17) is 9.47 Å². The lowest BCUT2D eigenvalue weighted by Crippen LogP contribution is -2.57. The van der Waals surface area contributed by atoms with Crippen molar-refractivity contribution in [3.05, 3.63) is 73.4 Å². The second-order valence-electron chi connectivity index (χ2n) is 14.9. The highest BCUT2D eigenvalue weighted by molar-refractivity contribution is 7.91. The smallest absolute Gasteiger partial charge is 0.259 e. The molecule has 1 saturated heterocycles. The fraction of sp³-hybridized carbons (Fsp3) is 0.447. The second-order valence-corrected chi connectivity index (χ2v) is 16.9. The van der Waals surface area contributed by atoms with Gasteiger partial charge < -0.3 is 25.0 Å². The van der Waals surface area contributed by atoms with E-state index in [1.807, 2.05) is 45.0 Å². The number of nitrogens with one attached hydrogen (secondary N) is 3. The number of methoxy groups -OCH3 is 1. The Hall–Kier alpha value is -4.98. The molecule has 2 heterocycles. The van der Waals surface area contributed by atoms with Crippen molar-refractivity contribution in [1.82, 2.24) is 19.9 Å². The molecular formula is C38H45N5O8S. The van der Waals surface area contributed by atoms with Gasteiger partial charge in [0.2, 0.25) is 33.6 Å². The number of pyridine rings is 1. The van der Waals surface area contributed by atoms with Gasteiger partial charge in [-0.3, -0.25) is 23.9 Å². The van der Waals surface area contributed by atoms with Gasteiger partial charge in [-0.25, -0.2) is 13.4 Å². The van der Waals surface area contributed by atoms with E-state index in [1.54, 1.807) is 43.6 Å². The van der Waals surface area contributed by atoms with Gasteiger partial charge in [0.05, 0.1) is 24.8 Å². The number of carbonyl (C=O) groups is 4. The summed E-state index contributed by atoms with van der Waals surface area (Å²) in [5.41, 5.74) is -1.64. The Balaban J connectivity index is 1.28. The largest absolute Gasteiger partial charge is 0.497 e. The summed E-state index contributed by atoms with van der Waals surface area (Å²) in [4.78, 5) is 61.5. The third-order valence-corrected chi connectivity index (χ3v) is 11.9. The summed E-state index contributed by atoms with van der Waals surface area (Å²) in [7, 11) is -2.32. The van der Waals surface area contributed by atoms with E-state index in [0.717, 1.165) is 5.39 Å². The van der Waals surface area contributed by atoms with Crippen LogP contribution >= 0.6 is 0 Å². The minimum atomic E-state index is -3.89. The summed E-state index contributed by atoms with van der Waals surface area (Å²) in [6.45, 7) is 9.35. The SMILES string of the molecule is C=CC1C[C@]1(NC(=O)[C@@H]1C[C@@H](Oc2nccc3cc(OC)ccc23)CN1C(=O)[C@@H](CC(=O)Nc1ccccc1)C(C)(C)C)C(=O)NS(=O)(=O)C1CC1. The van der Waals surface area contributed by atoms with Gasteiger partial charge in [0, 0.05) is 36.0 Å². The number of rotatable bonds is 13. The Bertz CT molecular complexity index is 1990. The number of aromatic nitrogens is 1. The van der Waals surface area contributed by atoms with Crippen LogP contribution in [0.3, 0.4) is 0 Å². The molecule has 5 atom stereocenters. The van der Waals surface area contributed by atoms with E-state index >= 15 is 0 Å². The maximum absolute atomic E-state index is 14.6. The molecule has 0 bridgehead atoms. The first-order valence-corrected chi connectivity index (χ1v) is 18.9. The number of nitrogens with zero attached hydrogens (tertiary/aromatic N) is 2. The first kappa shape index (κ1) is 36.8. The number of ether oxygens (including phenoxy) is 2. The first-order valence-electron chi connectivity index (χ1n) is 17.4. The Labute approximate surface area is 303 Å². The summed E-state index contributed by atoms with van der Waals surface area (Å²) in [5, 5.41) is 6.55. The molecule has 2 saturated carbocycles. The molecule has 1 aromatic heterocycles. The quantitative estimate of drug-likeness (QED) is 0.220. The maximum atomic E-state index is 14.6. The standard InChI is InChI=1S/C38H45N5O8S/c1-6-24-21-38(24,36(47)42-52(48,49)28-13-14-28)41-33(45)31-19-27(51-34-29-15-12-26(50-5)18-23(29)16-17-39-34)22-43(31)35(46)30(37(2,3)4)20-32(44)40-25-10-8-7-9-11-25/h6-12,15-18,24,27-28,30-31H,1,13-14,19-22H2,2-5H3,(H,40,44)(H,41,45)(H,42,47)/t24?,27-,30-,31+,38-/m1/s1.